The molecular weight excluding hydrogens is 302 g/mol. The molecule has 0 aliphatic heterocycles. The van der Waals surface area contributed by atoms with Gasteiger partial charge in [0.2, 0.25) is 11.7 Å². The van der Waals surface area contributed by atoms with E-state index in [0.717, 1.165) is 5.56 Å². The molecule has 0 aliphatic carbocycles. The molecule has 7 nitrogen and oxygen atoms in total. The molecule has 0 fully saturated rings. The highest BCUT2D eigenvalue weighted by atomic mass is 32.1. The van der Waals surface area contributed by atoms with Crippen LogP contribution in [0.4, 0.5) is 0 Å². The van der Waals surface area contributed by atoms with Gasteiger partial charge in [-0.2, -0.15) is 16.3 Å². The molecule has 3 aromatic heterocycles. The van der Waals surface area contributed by atoms with Crippen molar-refractivity contribution < 1.29 is 4.52 Å². The van der Waals surface area contributed by atoms with Gasteiger partial charge in [0.15, 0.2) is 0 Å². The lowest BCUT2D eigenvalue weighted by Crippen LogP contribution is -2.24. The Balaban J connectivity index is 1.69. The lowest BCUT2D eigenvalue weighted by atomic mass is 10.2. The van der Waals surface area contributed by atoms with Crippen molar-refractivity contribution in [2.24, 2.45) is 0 Å². The summed E-state index contributed by atoms with van der Waals surface area (Å²) in [5.41, 5.74) is 1.21. The van der Waals surface area contributed by atoms with Crippen LogP contribution in [0.2, 0.25) is 0 Å². The third-order valence-corrected chi connectivity index (χ3v) is 3.85. The minimum absolute atomic E-state index is 0.0911. The van der Waals surface area contributed by atoms with Crippen LogP contribution in [0.1, 0.15) is 5.89 Å². The first-order chi connectivity index (χ1) is 10.8. The molecule has 4 aromatic rings. The molecule has 1 aromatic carbocycles. The molecule has 0 saturated heterocycles. The number of rotatable bonds is 3. The summed E-state index contributed by atoms with van der Waals surface area (Å²) < 4.78 is 6.39. The van der Waals surface area contributed by atoms with Gasteiger partial charge in [0.1, 0.15) is 12.1 Å². The summed E-state index contributed by atoms with van der Waals surface area (Å²) in [5, 5.41) is 16.2. The van der Waals surface area contributed by atoms with Gasteiger partial charge in [0.25, 0.3) is 5.56 Å². The zero-order valence-corrected chi connectivity index (χ0v) is 12.0. The fourth-order valence-corrected chi connectivity index (χ4v) is 2.72. The molecule has 0 radical (unpaired) electrons. The number of hydrogen-bond acceptors (Lipinski definition) is 7. The van der Waals surface area contributed by atoms with E-state index in [-0.39, 0.29) is 12.1 Å². The fourth-order valence-electron chi connectivity index (χ4n) is 2.08. The fraction of sp³-hybridized carbons (Fsp3) is 0.0714. The summed E-state index contributed by atoms with van der Waals surface area (Å²) >= 11 is 1.55. The summed E-state index contributed by atoms with van der Waals surface area (Å²) in [4.78, 5) is 16.6. The normalized spacial score (nSPS) is 11.1. The number of thiophene rings is 1. The SMILES string of the molecule is O=c1c2ccccc2nnn1Cc1nc(-c2ccsc2)no1. The van der Waals surface area contributed by atoms with Crippen molar-refractivity contribution in [1.29, 1.82) is 0 Å². The Morgan fingerprint density at radius 3 is 3.00 bits per heavy atom. The van der Waals surface area contributed by atoms with Gasteiger partial charge in [-0.1, -0.05) is 22.5 Å². The highest BCUT2D eigenvalue weighted by molar-refractivity contribution is 7.08. The van der Waals surface area contributed by atoms with E-state index >= 15 is 0 Å². The Morgan fingerprint density at radius 1 is 1.23 bits per heavy atom. The number of fused-ring (bicyclic) bond motifs is 1. The largest absolute Gasteiger partial charge is 0.337 e. The summed E-state index contributed by atoms with van der Waals surface area (Å²) in [6, 6.07) is 8.97. The molecule has 0 spiro atoms. The third kappa shape index (κ3) is 2.19. The Labute approximate surface area is 127 Å². The zero-order valence-electron chi connectivity index (χ0n) is 11.2. The van der Waals surface area contributed by atoms with E-state index in [0.29, 0.717) is 22.6 Å². The maximum absolute atomic E-state index is 12.3. The van der Waals surface area contributed by atoms with Crippen molar-refractivity contribution >= 4 is 22.2 Å². The molecule has 0 amide bonds. The molecule has 8 heteroatoms. The van der Waals surface area contributed by atoms with Gasteiger partial charge in [0, 0.05) is 10.9 Å². The van der Waals surface area contributed by atoms with Crippen molar-refractivity contribution in [3.05, 3.63) is 57.3 Å². The average Bonchev–Trinajstić information content (AvgIpc) is 3.21. The van der Waals surface area contributed by atoms with Gasteiger partial charge in [-0.25, -0.2) is 4.68 Å². The third-order valence-electron chi connectivity index (χ3n) is 3.16. The molecule has 0 bridgehead atoms. The van der Waals surface area contributed by atoms with Gasteiger partial charge in [0.05, 0.1) is 5.39 Å². The van der Waals surface area contributed by atoms with Crippen LogP contribution >= 0.6 is 11.3 Å². The second-order valence-electron chi connectivity index (χ2n) is 4.59. The highest BCUT2D eigenvalue weighted by Crippen LogP contribution is 2.18. The Bertz CT molecular complexity index is 990. The van der Waals surface area contributed by atoms with E-state index in [4.69, 9.17) is 4.52 Å². The maximum Gasteiger partial charge on any atom is 0.278 e. The van der Waals surface area contributed by atoms with Crippen LogP contribution in [0.5, 0.6) is 0 Å². The van der Waals surface area contributed by atoms with Crippen LogP contribution in [0, 0.1) is 0 Å². The topological polar surface area (TPSA) is 86.7 Å². The van der Waals surface area contributed by atoms with Gasteiger partial charge < -0.3 is 4.52 Å². The molecule has 0 unspecified atom stereocenters. The second-order valence-corrected chi connectivity index (χ2v) is 5.37. The zero-order chi connectivity index (χ0) is 14.9. The maximum atomic E-state index is 12.3. The van der Waals surface area contributed by atoms with Crippen LogP contribution < -0.4 is 5.56 Å². The van der Waals surface area contributed by atoms with Crippen LogP contribution in [0.25, 0.3) is 22.3 Å². The van der Waals surface area contributed by atoms with Crippen molar-refractivity contribution in [2.45, 2.75) is 6.54 Å². The minimum Gasteiger partial charge on any atom is -0.337 e. The van der Waals surface area contributed by atoms with Crippen molar-refractivity contribution in [1.82, 2.24) is 25.1 Å². The number of hydrogen-bond donors (Lipinski definition) is 0. The molecule has 3 heterocycles. The standard InChI is InChI=1S/C14H9N5O2S/c20-14-10-3-1-2-4-11(10)16-18-19(14)7-12-15-13(17-21-12)9-5-6-22-8-9/h1-6,8H,7H2. The van der Waals surface area contributed by atoms with E-state index < -0.39 is 0 Å². The lowest BCUT2D eigenvalue weighted by molar-refractivity contribution is 0.361. The first-order valence-electron chi connectivity index (χ1n) is 6.49. The van der Waals surface area contributed by atoms with Gasteiger partial charge in [-0.15, -0.1) is 5.10 Å². The monoisotopic (exact) mass is 311 g/mol. The number of aromatic nitrogens is 5. The van der Waals surface area contributed by atoms with Gasteiger partial charge in [-0.05, 0) is 23.6 Å². The van der Waals surface area contributed by atoms with Crippen LogP contribution in [-0.2, 0) is 6.54 Å². The molecule has 22 heavy (non-hydrogen) atoms. The summed E-state index contributed by atoms with van der Waals surface area (Å²) in [5.74, 6) is 0.811. The Kier molecular flexibility index (Phi) is 3.01. The average molecular weight is 311 g/mol. The van der Waals surface area contributed by atoms with E-state index in [1.54, 1.807) is 29.5 Å². The molecule has 0 saturated carbocycles. The van der Waals surface area contributed by atoms with E-state index in [2.05, 4.69) is 20.5 Å². The van der Waals surface area contributed by atoms with E-state index in [1.807, 2.05) is 22.9 Å². The quantitative estimate of drug-likeness (QED) is 0.575. The van der Waals surface area contributed by atoms with Crippen LogP contribution in [0.15, 0.2) is 50.4 Å². The van der Waals surface area contributed by atoms with E-state index in [1.165, 1.54) is 4.68 Å². The molecule has 108 valence electrons. The lowest BCUT2D eigenvalue weighted by Gasteiger charge is -2.01. The van der Waals surface area contributed by atoms with Crippen molar-refractivity contribution in [3.63, 3.8) is 0 Å². The van der Waals surface area contributed by atoms with Crippen LogP contribution in [0.3, 0.4) is 0 Å². The second kappa shape index (κ2) is 5.15. The molecule has 4 rings (SSSR count). The van der Waals surface area contributed by atoms with Crippen molar-refractivity contribution in [3.8, 4) is 11.4 Å². The molecule has 0 atom stereocenters. The van der Waals surface area contributed by atoms with Gasteiger partial charge in [-0.3, -0.25) is 4.79 Å². The molecular formula is C14H9N5O2S. The van der Waals surface area contributed by atoms with E-state index in [9.17, 15) is 4.79 Å². The summed E-state index contributed by atoms with van der Waals surface area (Å²) in [6.07, 6.45) is 0. The first-order valence-corrected chi connectivity index (χ1v) is 7.43. The van der Waals surface area contributed by atoms with Gasteiger partial charge >= 0.3 is 0 Å². The van der Waals surface area contributed by atoms with Crippen molar-refractivity contribution in [2.75, 3.05) is 0 Å². The Hall–Kier alpha value is -2.87. The smallest absolute Gasteiger partial charge is 0.278 e. The Morgan fingerprint density at radius 2 is 2.14 bits per heavy atom. The number of nitrogens with zero attached hydrogens (tertiary/aromatic N) is 5. The predicted octanol–water partition coefficient (Wildman–Crippen LogP) is 1.95. The number of benzene rings is 1. The first kappa shape index (κ1) is 12.8. The molecule has 0 aliphatic rings. The minimum atomic E-state index is -0.235. The molecule has 0 N–H and O–H groups in total. The predicted molar refractivity (Wildman–Crippen MR) is 80.5 cm³/mol. The summed E-state index contributed by atoms with van der Waals surface area (Å²) in [6.45, 7) is 0.0911. The summed E-state index contributed by atoms with van der Waals surface area (Å²) in [7, 11) is 0. The highest BCUT2D eigenvalue weighted by Gasteiger charge is 2.12. The van der Waals surface area contributed by atoms with Crippen LogP contribution in [-0.4, -0.2) is 25.1 Å².